The van der Waals surface area contributed by atoms with Crippen LogP contribution in [0, 0.1) is 0 Å². The summed E-state index contributed by atoms with van der Waals surface area (Å²) in [7, 11) is 0. The molecule has 1 fully saturated rings. The lowest BCUT2D eigenvalue weighted by molar-refractivity contribution is -0.127. The second-order valence-corrected chi connectivity index (χ2v) is 4.58. The molecule has 3 heterocycles. The number of pyridine rings is 1. The molecule has 2 aromatic heterocycles. The van der Waals surface area contributed by atoms with E-state index in [1.165, 1.54) is 5.01 Å². The number of aromatic nitrogens is 2. The maximum absolute atomic E-state index is 11.4. The highest BCUT2D eigenvalue weighted by atomic mass is 35.5. The summed E-state index contributed by atoms with van der Waals surface area (Å²) in [5, 5.41) is 6.28. The number of hydrogen-bond donors (Lipinski definition) is 0. The molecule has 1 aliphatic heterocycles. The molecular weight excluding hydrogens is 252 g/mol. The van der Waals surface area contributed by atoms with E-state index in [4.69, 9.17) is 11.6 Å². The lowest BCUT2D eigenvalue weighted by Gasteiger charge is -2.05. The first-order valence-corrected chi connectivity index (χ1v) is 6.09. The third-order valence-corrected chi connectivity index (χ3v) is 3.04. The molecule has 2 aromatic rings. The summed E-state index contributed by atoms with van der Waals surface area (Å²) >= 11 is 5.89. The van der Waals surface area contributed by atoms with E-state index in [0.717, 1.165) is 12.1 Å². The van der Waals surface area contributed by atoms with Gasteiger partial charge in [0.15, 0.2) is 0 Å². The Hall–Kier alpha value is -1.88. The van der Waals surface area contributed by atoms with Gasteiger partial charge in [-0.3, -0.25) is 4.79 Å². The molecule has 3 rings (SSSR count). The Morgan fingerprint density at radius 1 is 1.39 bits per heavy atom. The van der Waals surface area contributed by atoms with Gasteiger partial charge in [0.25, 0.3) is 0 Å². The molecule has 92 valence electrons. The summed E-state index contributed by atoms with van der Waals surface area (Å²) in [4.78, 5) is 15.7. The lowest BCUT2D eigenvalue weighted by Crippen LogP contribution is -2.17. The van der Waals surface area contributed by atoms with Crippen LogP contribution < -0.4 is 0 Å². The topological polar surface area (TPSA) is 50.0 Å². The molecule has 5 nitrogen and oxygen atoms in total. The van der Waals surface area contributed by atoms with Crippen LogP contribution in [0.3, 0.4) is 0 Å². The number of hydrogen-bond acceptors (Lipinski definition) is 3. The van der Waals surface area contributed by atoms with Crippen LogP contribution in [-0.2, 0) is 4.79 Å². The minimum atomic E-state index is 0.0676. The van der Waals surface area contributed by atoms with Crippen molar-refractivity contribution in [2.45, 2.75) is 12.8 Å². The molecule has 0 saturated carbocycles. The minimum Gasteiger partial charge on any atom is -0.305 e. The van der Waals surface area contributed by atoms with Crippen LogP contribution in [0.15, 0.2) is 29.6 Å². The van der Waals surface area contributed by atoms with E-state index < -0.39 is 0 Å². The van der Waals surface area contributed by atoms with Crippen molar-refractivity contribution in [2.24, 2.45) is 5.10 Å². The van der Waals surface area contributed by atoms with Gasteiger partial charge < -0.3 is 4.40 Å². The zero-order chi connectivity index (χ0) is 12.5. The number of fused-ring (bicyclic) bond motifs is 1. The van der Waals surface area contributed by atoms with Gasteiger partial charge in [-0.25, -0.2) is 9.99 Å². The molecule has 0 aromatic carbocycles. The molecule has 0 atom stereocenters. The monoisotopic (exact) mass is 262 g/mol. The summed E-state index contributed by atoms with van der Waals surface area (Å²) in [5.74, 6) is 0.0676. The van der Waals surface area contributed by atoms with Crippen molar-refractivity contribution >= 4 is 29.4 Å². The fraction of sp³-hybridized carbons (Fsp3) is 0.250. The lowest BCUT2D eigenvalue weighted by atomic mass is 10.4. The first-order chi connectivity index (χ1) is 8.72. The zero-order valence-electron chi connectivity index (χ0n) is 9.58. The van der Waals surface area contributed by atoms with Crippen LogP contribution in [0.1, 0.15) is 18.5 Å². The number of carbonyl (C=O) groups excluding carboxylic acids is 1. The van der Waals surface area contributed by atoms with Crippen molar-refractivity contribution in [2.75, 3.05) is 6.54 Å². The maximum Gasteiger partial charge on any atom is 0.242 e. The van der Waals surface area contributed by atoms with Crippen LogP contribution >= 0.6 is 11.6 Å². The standard InChI is InChI=1S/C12H11ClN4O/c13-9-3-4-11-15-10(8-16(11)7-9)6-14-17-5-1-2-12(17)18/h3-4,6-8H,1-2,5H2. The highest BCUT2D eigenvalue weighted by molar-refractivity contribution is 6.30. The fourth-order valence-corrected chi connectivity index (χ4v) is 2.10. The molecule has 0 N–H and O–H groups in total. The summed E-state index contributed by atoms with van der Waals surface area (Å²) in [5.41, 5.74) is 1.51. The van der Waals surface area contributed by atoms with E-state index in [1.54, 1.807) is 18.5 Å². The molecule has 0 radical (unpaired) electrons. The third-order valence-electron chi connectivity index (χ3n) is 2.81. The summed E-state index contributed by atoms with van der Waals surface area (Å²) in [6, 6.07) is 3.62. The predicted octanol–water partition coefficient (Wildman–Crippen LogP) is 1.94. The van der Waals surface area contributed by atoms with Gasteiger partial charge in [0, 0.05) is 25.4 Å². The third kappa shape index (κ3) is 2.09. The van der Waals surface area contributed by atoms with E-state index in [9.17, 15) is 4.79 Å². The maximum atomic E-state index is 11.4. The van der Waals surface area contributed by atoms with Gasteiger partial charge >= 0.3 is 0 Å². The van der Waals surface area contributed by atoms with Crippen molar-refractivity contribution in [3.8, 4) is 0 Å². The van der Waals surface area contributed by atoms with Gasteiger partial charge in [-0.2, -0.15) is 5.10 Å². The molecule has 18 heavy (non-hydrogen) atoms. The molecule has 1 amide bonds. The van der Waals surface area contributed by atoms with Gasteiger partial charge in [0.2, 0.25) is 5.91 Å². The second kappa shape index (κ2) is 4.42. The number of halogens is 1. The number of hydrazone groups is 1. The molecule has 6 heteroatoms. The number of rotatable bonds is 2. The van der Waals surface area contributed by atoms with Crippen molar-refractivity contribution in [1.29, 1.82) is 0 Å². The van der Waals surface area contributed by atoms with E-state index in [1.807, 2.05) is 16.7 Å². The van der Waals surface area contributed by atoms with E-state index in [0.29, 0.717) is 23.7 Å². The average Bonchev–Trinajstić information content (AvgIpc) is 2.92. The zero-order valence-corrected chi connectivity index (χ0v) is 10.3. The van der Waals surface area contributed by atoms with Gasteiger partial charge in [0.1, 0.15) is 11.3 Å². The number of carbonyl (C=O) groups is 1. The van der Waals surface area contributed by atoms with Crippen LogP contribution in [0.2, 0.25) is 5.02 Å². The Bertz CT molecular complexity index is 634. The summed E-state index contributed by atoms with van der Waals surface area (Å²) < 4.78 is 1.83. The largest absolute Gasteiger partial charge is 0.305 e. The van der Waals surface area contributed by atoms with Gasteiger partial charge in [-0.15, -0.1) is 0 Å². The van der Waals surface area contributed by atoms with Crippen molar-refractivity contribution in [1.82, 2.24) is 14.4 Å². The van der Waals surface area contributed by atoms with Crippen molar-refractivity contribution in [3.63, 3.8) is 0 Å². The van der Waals surface area contributed by atoms with Gasteiger partial charge in [0.05, 0.1) is 11.2 Å². The molecule has 0 bridgehead atoms. The number of imidazole rings is 1. The van der Waals surface area contributed by atoms with E-state index in [2.05, 4.69) is 10.1 Å². The normalized spacial score (nSPS) is 16.3. The molecule has 0 spiro atoms. The molecular formula is C12H11ClN4O. The summed E-state index contributed by atoms with van der Waals surface area (Å²) in [6.45, 7) is 0.689. The fourth-order valence-electron chi connectivity index (χ4n) is 1.93. The Kier molecular flexibility index (Phi) is 2.76. The van der Waals surface area contributed by atoms with Gasteiger partial charge in [-0.1, -0.05) is 11.6 Å². The first-order valence-electron chi connectivity index (χ1n) is 5.71. The quantitative estimate of drug-likeness (QED) is 0.777. The second-order valence-electron chi connectivity index (χ2n) is 4.14. The Labute approximate surface area is 109 Å². The van der Waals surface area contributed by atoms with E-state index >= 15 is 0 Å². The minimum absolute atomic E-state index is 0.0676. The van der Waals surface area contributed by atoms with Crippen LogP contribution in [0.5, 0.6) is 0 Å². The predicted molar refractivity (Wildman–Crippen MR) is 68.7 cm³/mol. The molecule has 0 aliphatic carbocycles. The average molecular weight is 263 g/mol. The number of amides is 1. The Morgan fingerprint density at radius 2 is 2.28 bits per heavy atom. The van der Waals surface area contributed by atoms with Crippen LogP contribution in [0.4, 0.5) is 0 Å². The van der Waals surface area contributed by atoms with E-state index in [-0.39, 0.29) is 5.91 Å². The highest BCUT2D eigenvalue weighted by Gasteiger charge is 2.18. The number of nitrogens with zero attached hydrogens (tertiary/aromatic N) is 4. The Morgan fingerprint density at radius 3 is 3.06 bits per heavy atom. The Balaban J connectivity index is 1.86. The molecule has 1 aliphatic rings. The van der Waals surface area contributed by atoms with Crippen molar-refractivity contribution < 1.29 is 4.79 Å². The smallest absolute Gasteiger partial charge is 0.242 e. The highest BCUT2D eigenvalue weighted by Crippen LogP contribution is 2.12. The molecule has 1 saturated heterocycles. The first kappa shape index (κ1) is 11.2. The SMILES string of the molecule is O=C1CCCN1N=Cc1cn2cc(Cl)ccc2n1. The summed E-state index contributed by atoms with van der Waals surface area (Å²) in [6.07, 6.45) is 6.66. The van der Waals surface area contributed by atoms with Crippen molar-refractivity contribution in [3.05, 3.63) is 35.2 Å². The van der Waals surface area contributed by atoms with Crippen LogP contribution in [-0.4, -0.2) is 33.1 Å². The van der Waals surface area contributed by atoms with Crippen LogP contribution in [0.25, 0.3) is 5.65 Å². The molecule has 0 unspecified atom stereocenters. The van der Waals surface area contributed by atoms with Gasteiger partial charge in [-0.05, 0) is 18.6 Å².